The summed E-state index contributed by atoms with van der Waals surface area (Å²) in [5.74, 6) is 1.32. The van der Waals surface area contributed by atoms with Crippen LogP contribution in [0.2, 0.25) is 0 Å². The van der Waals surface area contributed by atoms with Gasteiger partial charge in [-0.3, -0.25) is 9.00 Å². The lowest BCUT2D eigenvalue weighted by molar-refractivity contribution is 0.0932. The summed E-state index contributed by atoms with van der Waals surface area (Å²) in [5, 5.41) is 3.19. The fourth-order valence-corrected chi connectivity index (χ4v) is 5.62. The molecule has 0 aliphatic heterocycles. The molecule has 0 saturated heterocycles. The zero-order valence-corrected chi connectivity index (χ0v) is 20.7. The average Bonchev–Trinajstić information content (AvgIpc) is 3.24. The topological polar surface area (TPSA) is 72.2 Å². The van der Waals surface area contributed by atoms with Crippen molar-refractivity contribution in [2.24, 2.45) is 0 Å². The summed E-state index contributed by atoms with van der Waals surface area (Å²) in [6, 6.07) is 23.3. The molecule has 2 atom stereocenters. The molecule has 0 spiro atoms. The quantitative estimate of drug-likeness (QED) is 0.360. The van der Waals surface area contributed by atoms with E-state index in [9.17, 15) is 9.00 Å². The van der Waals surface area contributed by atoms with Crippen LogP contribution < -0.4 is 5.32 Å². The van der Waals surface area contributed by atoms with Gasteiger partial charge < -0.3 is 9.73 Å². The molecule has 1 aliphatic carbocycles. The maximum absolute atomic E-state index is 12.9. The van der Waals surface area contributed by atoms with Crippen molar-refractivity contribution in [3.05, 3.63) is 107 Å². The highest BCUT2D eigenvalue weighted by molar-refractivity contribution is 7.84. The fourth-order valence-electron chi connectivity index (χ4n) is 4.49. The Morgan fingerprint density at radius 1 is 1.03 bits per heavy atom. The number of oxazole rings is 1. The standard InChI is InChI=1S/C29H28N2O3S/c1-19-10-16-24(17-11-19)35(33)18-27-20(2)34-29(31-27)23-14-12-22(13-15-23)28(32)30-26-9-5-7-21-6-3-4-8-25(21)26/h3-4,6,8,10-17,26H,5,7,9,18H2,1-2H3,(H,30,32)/t26-,35+/m1/s1. The Kier molecular flexibility index (Phi) is 6.64. The first-order valence-electron chi connectivity index (χ1n) is 11.9. The molecule has 178 valence electrons. The van der Waals surface area contributed by atoms with Gasteiger partial charge in [-0.25, -0.2) is 4.98 Å². The molecule has 1 aliphatic rings. The van der Waals surface area contributed by atoms with Crippen LogP contribution in [0.5, 0.6) is 0 Å². The number of benzene rings is 3. The summed E-state index contributed by atoms with van der Waals surface area (Å²) in [5.41, 5.74) is 5.72. The van der Waals surface area contributed by atoms with E-state index >= 15 is 0 Å². The predicted molar refractivity (Wildman–Crippen MR) is 138 cm³/mol. The molecular weight excluding hydrogens is 456 g/mol. The van der Waals surface area contributed by atoms with Gasteiger partial charge >= 0.3 is 0 Å². The van der Waals surface area contributed by atoms with Crippen LogP contribution in [-0.2, 0) is 23.0 Å². The Morgan fingerprint density at radius 3 is 2.54 bits per heavy atom. The summed E-state index contributed by atoms with van der Waals surface area (Å²) in [4.78, 5) is 18.3. The van der Waals surface area contributed by atoms with Gasteiger partial charge in [-0.1, -0.05) is 42.0 Å². The lowest BCUT2D eigenvalue weighted by atomic mass is 9.87. The van der Waals surface area contributed by atoms with Gasteiger partial charge in [0, 0.05) is 16.0 Å². The number of fused-ring (bicyclic) bond motifs is 1. The van der Waals surface area contributed by atoms with Crippen LogP contribution in [0, 0.1) is 13.8 Å². The van der Waals surface area contributed by atoms with E-state index in [0.29, 0.717) is 28.7 Å². The molecule has 35 heavy (non-hydrogen) atoms. The van der Waals surface area contributed by atoms with E-state index in [0.717, 1.165) is 35.3 Å². The normalized spacial score (nSPS) is 15.9. The van der Waals surface area contributed by atoms with Gasteiger partial charge in [-0.2, -0.15) is 0 Å². The minimum absolute atomic E-state index is 0.0403. The van der Waals surface area contributed by atoms with Crippen molar-refractivity contribution >= 4 is 16.7 Å². The van der Waals surface area contributed by atoms with Crippen molar-refractivity contribution in [1.82, 2.24) is 10.3 Å². The second-order valence-electron chi connectivity index (χ2n) is 9.02. The van der Waals surface area contributed by atoms with E-state index in [1.165, 1.54) is 11.1 Å². The van der Waals surface area contributed by atoms with Crippen LogP contribution in [0.1, 0.15) is 57.4 Å². The Hall–Kier alpha value is -3.51. The van der Waals surface area contributed by atoms with Crippen LogP contribution in [0.4, 0.5) is 0 Å². The molecule has 4 aromatic rings. The lowest BCUT2D eigenvalue weighted by Gasteiger charge is -2.26. The number of hydrogen-bond acceptors (Lipinski definition) is 4. The van der Waals surface area contributed by atoms with Crippen molar-refractivity contribution in [3.8, 4) is 11.5 Å². The van der Waals surface area contributed by atoms with Crippen molar-refractivity contribution in [3.63, 3.8) is 0 Å². The molecule has 6 heteroatoms. The summed E-state index contributed by atoms with van der Waals surface area (Å²) in [7, 11) is -1.20. The zero-order chi connectivity index (χ0) is 24.4. The second kappa shape index (κ2) is 10.0. The Bertz CT molecular complexity index is 1370. The van der Waals surface area contributed by atoms with Crippen LogP contribution in [0.15, 0.2) is 82.1 Å². The first-order chi connectivity index (χ1) is 17.0. The van der Waals surface area contributed by atoms with E-state index in [2.05, 4.69) is 28.5 Å². The summed E-state index contributed by atoms with van der Waals surface area (Å²) in [6.07, 6.45) is 3.08. The van der Waals surface area contributed by atoms with Crippen LogP contribution in [0.25, 0.3) is 11.5 Å². The van der Waals surface area contributed by atoms with Crippen molar-refractivity contribution < 1.29 is 13.4 Å². The summed E-state index contributed by atoms with van der Waals surface area (Å²) >= 11 is 0. The molecule has 0 fully saturated rings. The molecular formula is C29H28N2O3S. The minimum atomic E-state index is -1.20. The number of amides is 1. The number of hydrogen-bond donors (Lipinski definition) is 1. The van der Waals surface area contributed by atoms with Crippen molar-refractivity contribution in [2.75, 3.05) is 0 Å². The minimum Gasteiger partial charge on any atom is -0.441 e. The molecule has 5 nitrogen and oxygen atoms in total. The number of aryl methyl sites for hydroxylation is 3. The first-order valence-corrected chi connectivity index (χ1v) is 13.2. The van der Waals surface area contributed by atoms with Gasteiger partial charge in [0.25, 0.3) is 5.91 Å². The van der Waals surface area contributed by atoms with E-state index < -0.39 is 10.8 Å². The molecule has 1 amide bonds. The third kappa shape index (κ3) is 5.13. The highest BCUT2D eigenvalue weighted by Crippen LogP contribution is 2.30. The Labute approximate surface area is 208 Å². The first kappa shape index (κ1) is 23.2. The highest BCUT2D eigenvalue weighted by atomic mass is 32.2. The predicted octanol–water partition coefficient (Wildman–Crippen LogP) is 6.07. The van der Waals surface area contributed by atoms with Crippen LogP contribution >= 0.6 is 0 Å². The fraction of sp³-hybridized carbons (Fsp3) is 0.241. The molecule has 0 bridgehead atoms. The number of aromatic nitrogens is 1. The molecule has 5 rings (SSSR count). The number of nitrogens with zero attached hydrogens (tertiary/aromatic N) is 1. The third-order valence-electron chi connectivity index (χ3n) is 6.51. The van der Waals surface area contributed by atoms with Gasteiger partial charge in [0.2, 0.25) is 5.89 Å². The molecule has 1 aromatic heterocycles. The molecule has 0 radical (unpaired) electrons. The number of carbonyl (C=O) groups is 1. The number of carbonyl (C=O) groups excluding carboxylic acids is 1. The zero-order valence-electron chi connectivity index (χ0n) is 19.9. The SMILES string of the molecule is Cc1ccc([S@@](=O)Cc2nc(-c3ccc(C(=O)N[C@@H]4CCCc5ccccc54)cc3)oc2C)cc1. The molecule has 1 heterocycles. The van der Waals surface area contributed by atoms with E-state index in [4.69, 9.17) is 4.42 Å². The third-order valence-corrected chi connectivity index (χ3v) is 7.85. The smallest absolute Gasteiger partial charge is 0.251 e. The Balaban J connectivity index is 1.27. The second-order valence-corrected chi connectivity index (χ2v) is 10.5. The molecule has 3 aromatic carbocycles. The maximum atomic E-state index is 12.9. The Morgan fingerprint density at radius 2 is 1.77 bits per heavy atom. The van der Waals surface area contributed by atoms with E-state index in [1.54, 1.807) is 12.1 Å². The van der Waals surface area contributed by atoms with Gasteiger partial charge in [0.15, 0.2) is 0 Å². The van der Waals surface area contributed by atoms with E-state index in [1.807, 2.05) is 56.3 Å². The van der Waals surface area contributed by atoms with Gasteiger partial charge in [-0.15, -0.1) is 0 Å². The summed E-state index contributed by atoms with van der Waals surface area (Å²) < 4.78 is 18.6. The van der Waals surface area contributed by atoms with Crippen molar-refractivity contribution in [1.29, 1.82) is 0 Å². The number of rotatable bonds is 6. The van der Waals surface area contributed by atoms with Crippen molar-refractivity contribution in [2.45, 2.75) is 49.8 Å². The highest BCUT2D eigenvalue weighted by Gasteiger charge is 2.22. The molecule has 0 unspecified atom stereocenters. The average molecular weight is 485 g/mol. The van der Waals surface area contributed by atoms with Crippen LogP contribution in [-0.4, -0.2) is 15.1 Å². The molecule has 1 N–H and O–H groups in total. The van der Waals surface area contributed by atoms with Gasteiger partial charge in [0.05, 0.1) is 28.3 Å². The van der Waals surface area contributed by atoms with Crippen LogP contribution in [0.3, 0.4) is 0 Å². The maximum Gasteiger partial charge on any atom is 0.251 e. The molecule has 0 saturated carbocycles. The number of nitrogens with one attached hydrogen (secondary N) is 1. The van der Waals surface area contributed by atoms with Gasteiger partial charge in [0.1, 0.15) is 5.76 Å². The summed E-state index contributed by atoms with van der Waals surface area (Å²) in [6.45, 7) is 3.84. The van der Waals surface area contributed by atoms with E-state index in [-0.39, 0.29) is 11.9 Å². The lowest BCUT2D eigenvalue weighted by Crippen LogP contribution is -2.30. The largest absolute Gasteiger partial charge is 0.441 e. The van der Waals surface area contributed by atoms with Gasteiger partial charge in [-0.05, 0) is 80.6 Å². The monoisotopic (exact) mass is 484 g/mol.